The standard InChI is InChI=1S/C10H14N6O/c1-6-4-17-5-7(6)12-9-13-8(11)14-10(15-9)16(2)3/h4-5H,1-3H3,(H3,11,12,13,14,15). The number of nitrogens with two attached hydrogens (primary N) is 1. The number of nitrogens with one attached hydrogen (secondary N) is 1. The molecule has 0 aliphatic rings. The molecule has 0 unspecified atom stereocenters. The number of furan rings is 1. The maximum atomic E-state index is 5.61. The molecule has 2 aromatic heterocycles. The summed E-state index contributed by atoms with van der Waals surface area (Å²) < 4.78 is 5.05. The average Bonchev–Trinajstić information content (AvgIpc) is 2.63. The van der Waals surface area contributed by atoms with Crippen molar-refractivity contribution in [3.63, 3.8) is 0 Å². The molecule has 0 aromatic carbocycles. The van der Waals surface area contributed by atoms with E-state index in [1.807, 2.05) is 21.0 Å². The van der Waals surface area contributed by atoms with Crippen molar-refractivity contribution in [1.29, 1.82) is 0 Å². The fourth-order valence-corrected chi connectivity index (χ4v) is 1.25. The molecule has 7 nitrogen and oxygen atoms in total. The third-order valence-electron chi connectivity index (χ3n) is 2.14. The van der Waals surface area contributed by atoms with Crippen LogP contribution in [-0.2, 0) is 0 Å². The number of nitrogen functional groups attached to an aromatic ring is 1. The minimum Gasteiger partial charge on any atom is -0.470 e. The van der Waals surface area contributed by atoms with E-state index in [-0.39, 0.29) is 5.95 Å². The summed E-state index contributed by atoms with van der Waals surface area (Å²) in [6.07, 6.45) is 3.23. The molecule has 2 aromatic rings. The van der Waals surface area contributed by atoms with Crippen LogP contribution in [-0.4, -0.2) is 29.0 Å². The smallest absolute Gasteiger partial charge is 0.233 e. The van der Waals surface area contributed by atoms with E-state index >= 15 is 0 Å². The van der Waals surface area contributed by atoms with Crippen molar-refractivity contribution in [1.82, 2.24) is 15.0 Å². The largest absolute Gasteiger partial charge is 0.470 e. The number of hydrogen-bond acceptors (Lipinski definition) is 7. The maximum Gasteiger partial charge on any atom is 0.233 e. The molecule has 2 heterocycles. The van der Waals surface area contributed by atoms with Crippen molar-refractivity contribution in [2.45, 2.75) is 6.92 Å². The summed E-state index contributed by atoms with van der Waals surface area (Å²) in [5.74, 6) is 1.07. The molecule has 0 bridgehead atoms. The molecular weight excluding hydrogens is 220 g/mol. The van der Waals surface area contributed by atoms with E-state index in [0.29, 0.717) is 11.9 Å². The third kappa shape index (κ3) is 2.44. The first-order chi connectivity index (χ1) is 8.06. The Bertz CT molecular complexity index is 521. The molecule has 90 valence electrons. The van der Waals surface area contributed by atoms with Crippen LogP contribution >= 0.6 is 0 Å². The highest BCUT2D eigenvalue weighted by molar-refractivity contribution is 5.57. The van der Waals surface area contributed by atoms with E-state index in [0.717, 1.165) is 11.3 Å². The van der Waals surface area contributed by atoms with Gasteiger partial charge in [-0.1, -0.05) is 0 Å². The quantitative estimate of drug-likeness (QED) is 0.823. The Labute approximate surface area is 98.7 Å². The fourth-order valence-electron chi connectivity index (χ4n) is 1.25. The van der Waals surface area contributed by atoms with Gasteiger partial charge in [0, 0.05) is 19.7 Å². The van der Waals surface area contributed by atoms with E-state index < -0.39 is 0 Å². The van der Waals surface area contributed by atoms with Gasteiger partial charge in [0.1, 0.15) is 6.26 Å². The Kier molecular flexibility index (Phi) is 2.82. The molecule has 0 fully saturated rings. The average molecular weight is 234 g/mol. The molecule has 0 saturated carbocycles. The molecule has 0 radical (unpaired) electrons. The van der Waals surface area contributed by atoms with Crippen LogP contribution in [0.15, 0.2) is 16.9 Å². The number of rotatable bonds is 3. The predicted molar refractivity (Wildman–Crippen MR) is 65.3 cm³/mol. The van der Waals surface area contributed by atoms with Crippen molar-refractivity contribution in [3.05, 3.63) is 18.1 Å². The van der Waals surface area contributed by atoms with Gasteiger partial charge < -0.3 is 20.4 Å². The highest BCUT2D eigenvalue weighted by Crippen LogP contribution is 2.20. The van der Waals surface area contributed by atoms with Gasteiger partial charge in [0.05, 0.1) is 12.0 Å². The lowest BCUT2D eigenvalue weighted by Crippen LogP contribution is -2.15. The van der Waals surface area contributed by atoms with Gasteiger partial charge >= 0.3 is 0 Å². The third-order valence-corrected chi connectivity index (χ3v) is 2.14. The second-order valence-electron chi connectivity index (χ2n) is 3.81. The summed E-state index contributed by atoms with van der Waals surface area (Å²) in [4.78, 5) is 14.0. The molecule has 0 aliphatic carbocycles. The Hall–Kier alpha value is -2.31. The number of hydrogen-bond donors (Lipinski definition) is 2. The molecular formula is C10H14N6O. The Morgan fingerprint density at radius 3 is 2.59 bits per heavy atom. The lowest BCUT2D eigenvalue weighted by molar-refractivity contribution is 0.566. The van der Waals surface area contributed by atoms with Gasteiger partial charge in [0.25, 0.3) is 0 Å². The van der Waals surface area contributed by atoms with Crippen molar-refractivity contribution in [3.8, 4) is 0 Å². The lowest BCUT2D eigenvalue weighted by Gasteiger charge is -2.11. The zero-order valence-electron chi connectivity index (χ0n) is 9.93. The van der Waals surface area contributed by atoms with E-state index in [1.165, 1.54) is 0 Å². The SMILES string of the molecule is Cc1cocc1Nc1nc(N)nc(N(C)C)n1. The van der Waals surface area contributed by atoms with Crippen molar-refractivity contribution in [2.24, 2.45) is 0 Å². The first kappa shape index (κ1) is 11.2. The van der Waals surface area contributed by atoms with Crippen LogP contribution in [0.1, 0.15) is 5.56 Å². The fraction of sp³-hybridized carbons (Fsp3) is 0.300. The monoisotopic (exact) mass is 234 g/mol. The summed E-state index contributed by atoms with van der Waals surface area (Å²) in [7, 11) is 3.67. The summed E-state index contributed by atoms with van der Waals surface area (Å²) >= 11 is 0. The van der Waals surface area contributed by atoms with Crippen molar-refractivity contribution >= 4 is 23.5 Å². The highest BCUT2D eigenvalue weighted by Gasteiger charge is 2.08. The summed E-state index contributed by atoms with van der Waals surface area (Å²) in [5.41, 5.74) is 7.39. The molecule has 0 aliphatic heterocycles. The minimum atomic E-state index is 0.173. The molecule has 0 atom stereocenters. The lowest BCUT2D eigenvalue weighted by atomic mass is 10.3. The van der Waals surface area contributed by atoms with Gasteiger partial charge in [0.15, 0.2) is 0 Å². The van der Waals surface area contributed by atoms with Crippen molar-refractivity contribution < 1.29 is 4.42 Å². The number of anilines is 4. The van der Waals surface area contributed by atoms with E-state index in [9.17, 15) is 0 Å². The maximum absolute atomic E-state index is 5.61. The van der Waals surface area contributed by atoms with Crippen LogP contribution in [0.25, 0.3) is 0 Å². The number of nitrogens with zero attached hydrogens (tertiary/aromatic N) is 4. The van der Waals surface area contributed by atoms with Crippen LogP contribution in [0, 0.1) is 6.92 Å². The Balaban J connectivity index is 2.30. The molecule has 7 heteroatoms. The van der Waals surface area contributed by atoms with E-state index in [1.54, 1.807) is 17.4 Å². The highest BCUT2D eigenvalue weighted by atomic mass is 16.3. The molecule has 0 spiro atoms. The van der Waals surface area contributed by atoms with Gasteiger partial charge in [-0.3, -0.25) is 0 Å². The first-order valence-electron chi connectivity index (χ1n) is 5.05. The van der Waals surface area contributed by atoms with Gasteiger partial charge in [-0.25, -0.2) is 0 Å². The topological polar surface area (TPSA) is 93.1 Å². The van der Waals surface area contributed by atoms with Crippen LogP contribution in [0.4, 0.5) is 23.5 Å². The minimum absolute atomic E-state index is 0.173. The van der Waals surface area contributed by atoms with Crippen LogP contribution in [0.2, 0.25) is 0 Å². The molecule has 0 amide bonds. The van der Waals surface area contributed by atoms with Gasteiger partial charge in [-0.2, -0.15) is 15.0 Å². The normalized spacial score (nSPS) is 10.3. The van der Waals surface area contributed by atoms with E-state index in [4.69, 9.17) is 10.2 Å². The summed E-state index contributed by atoms with van der Waals surface area (Å²) in [6.45, 7) is 1.92. The number of aromatic nitrogens is 3. The van der Waals surface area contributed by atoms with E-state index in [2.05, 4.69) is 20.3 Å². The second-order valence-corrected chi connectivity index (χ2v) is 3.81. The molecule has 0 saturated heterocycles. The van der Waals surface area contributed by atoms with Crippen LogP contribution in [0.3, 0.4) is 0 Å². The Morgan fingerprint density at radius 1 is 1.24 bits per heavy atom. The zero-order valence-corrected chi connectivity index (χ0v) is 9.93. The zero-order chi connectivity index (χ0) is 12.4. The molecule has 2 rings (SSSR count). The second kappa shape index (κ2) is 4.28. The van der Waals surface area contributed by atoms with Gasteiger partial charge in [-0.05, 0) is 6.92 Å². The van der Waals surface area contributed by atoms with Gasteiger partial charge in [0.2, 0.25) is 17.8 Å². The van der Waals surface area contributed by atoms with Crippen LogP contribution < -0.4 is 16.0 Å². The van der Waals surface area contributed by atoms with Crippen molar-refractivity contribution in [2.75, 3.05) is 30.0 Å². The first-order valence-corrected chi connectivity index (χ1v) is 5.05. The summed E-state index contributed by atoms with van der Waals surface area (Å²) in [5, 5.41) is 3.03. The predicted octanol–water partition coefficient (Wildman–Crippen LogP) is 1.16. The van der Waals surface area contributed by atoms with Gasteiger partial charge in [-0.15, -0.1) is 0 Å². The molecule has 3 N–H and O–H groups in total. The van der Waals surface area contributed by atoms with Crippen LogP contribution in [0.5, 0.6) is 0 Å². The molecule has 17 heavy (non-hydrogen) atoms. The summed E-state index contributed by atoms with van der Waals surface area (Å²) in [6, 6.07) is 0. The Morgan fingerprint density at radius 2 is 2.00 bits per heavy atom. The number of aryl methyl sites for hydroxylation is 1.